The van der Waals surface area contributed by atoms with Crippen molar-refractivity contribution in [2.24, 2.45) is 0 Å². The van der Waals surface area contributed by atoms with Crippen molar-refractivity contribution in [3.63, 3.8) is 0 Å². The van der Waals surface area contributed by atoms with E-state index in [4.69, 9.17) is 14.2 Å². The second-order valence-electron chi connectivity index (χ2n) is 9.82. The summed E-state index contributed by atoms with van der Waals surface area (Å²) in [7, 11) is 0. The average molecular weight is 531 g/mol. The molecular weight excluding hydrogens is 502 g/mol. The monoisotopic (exact) mass is 530 g/mol. The van der Waals surface area contributed by atoms with Crippen LogP contribution < -0.4 is 14.2 Å². The molecule has 2 aromatic carbocycles. The standard InChI is InChI=1S/C26H28F6N2O3/c1-15-7-16-8-22-23(36-14-35-22)11-19(16)25(34(15)13-26(30,31)32)24-20(28)9-18(10-21(24)29)37-17-3-6-33(12-17)5-2-4-27/h8-11,15,17,25H,2-7,12-14H2,1H3/t15-,17?,25+/m1/s1. The van der Waals surface area contributed by atoms with Gasteiger partial charge in [-0.1, -0.05) is 0 Å². The highest BCUT2D eigenvalue weighted by molar-refractivity contribution is 5.53. The fourth-order valence-corrected chi connectivity index (χ4v) is 5.54. The first kappa shape index (κ1) is 26.0. The van der Waals surface area contributed by atoms with Gasteiger partial charge in [0.05, 0.1) is 19.3 Å². The Morgan fingerprint density at radius 3 is 2.43 bits per heavy atom. The highest BCUT2D eigenvalue weighted by atomic mass is 19.4. The molecule has 11 heteroatoms. The molecule has 5 rings (SSSR count). The normalized spacial score (nSPS) is 23.9. The van der Waals surface area contributed by atoms with E-state index in [-0.39, 0.29) is 25.1 Å². The Labute approximate surface area is 210 Å². The molecule has 1 fully saturated rings. The Morgan fingerprint density at radius 2 is 1.76 bits per heavy atom. The lowest BCUT2D eigenvalue weighted by molar-refractivity contribution is -0.155. The van der Waals surface area contributed by atoms with E-state index >= 15 is 8.78 Å². The fraction of sp³-hybridized carbons (Fsp3) is 0.538. The van der Waals surface area contributed by atoms with Crippen LogP contribution >= 0.6 is 0 Å². The van der Waals surface area contributed by atoms with Crippen LogP contribution in [0.25, 0.3) is 0 Å². The van der Waals surface area contributed by atoms with E-state index in [1.165, 1.54) is 6.07 Å². The lowest BCUT2D eigenvalue weighted by Gasteiger charge is -2.42. The Bertz CT molecular complexity index is 1120. The molecule has 0 radical (unpaired) electrons. The third-order valence-corrected chi connectivity index (χ3v) is 7.17. The van der Waals surface area contributed by atoms with Crippen LogP contribution in [0.4, 0.5) is 26.3 Å². The molecule has 0 bridgehead atoms. The second-order valence-corrected chi connectivity index (χ2v) is 9.82. The quantitative estimate of drug-likeness (QED) is 0.448. The molecule has 3 heterocycles. The number of halogens is 6. The van der Waals surface area contributed by atoms with Gasteiger partial charge in [-0.3, -0.25) is 14.2 Å². The molecule has 0 amide bonds. The first-order valence-corrected chi connectivity index (χ1v) is 12.3. The van der Waals surface area contributed by atoms with Gasteiger partial charge < -0.3 is 14.2 Å². The molecule has 0 spiro atoms. The lowest BCUT2D eigenvalue weighted by Crippen LogP contribution is -2.47. The van der Waals surface area contributed by atoms with Crippen molar-refractivity contribution in [2.75, 3.05) is 39.6 Å². The van der Waals surface area contributed by atoms with Gasteiger partial charge in [0.1, 0.15) is 23.5 Å². The number of fused-ring (bicyclic) bond motifs is 2. The van der Waals surface area contributed by atoms with Gasteiger partial charge in [0.25, 0.3) is 0 Å². The van der Waals surface area contributed by atoms with Crippen molar-refractivity contribution in [1.29, 1.82) is 0 Å². The summed E-state index contributed by atoms with van der Waals surface area (Å²) in [5.74, 6) is -1.23. The number of rotatable bonds is 7. The SMILES string of the molecule is C[C@@H]1Cc2cc3c(cc2[C@@H](c2c(F)cc(OC4CCN(CCCF)C4)cc2F)N1CC(F)(F)F)OCO3. The highest BCUT2D eigenvalue weighted by Gasteiger charge is 2.43. The first-order valence-electron chi connectivity index (χ1n) is 12.3. The number of hydrogen-bond acceptors (Lipinski definition) is 5. The first-order chi connectivity index (χ1) is 17.6. The van der Waals surface area contributed by atoms with E-state index in [1.807, 2.05) is 4.90 Å². The van der Waals surface area contributed by atoms with E-state index in [0.717, 1.165) is 17.0 Å². The number of likely N-dealkylation sites (tertiary alicyclic amines) is 1. The molecule has 3 atom stereocenters. The highest BCUT2D eigenvalue weighted by Crippen LogP contribution is 2.46. The van der Waals surface area contributed by atoms with Gasteiger partial charge in [0.15, 0.2) is 11.5 Å². The summed E-state index contributed by atoms with van der Waals surface area (Å²) in [5, 5.41) is 0. The van der Waals surface area contributed by atoms with Gasteiger partial charge in [-0.2, -0.15) is 13.2 Å². The molecule has 5 nitrogen and oxygen atoms in total. The maximum absolute atomic E-state index is 15.6. The Kier molecular flexibility index (Phi) is 7.19. The van der Waals surface area contributed by atoms with Crippen LogP contribution in [-0.2, 0) is 6.42 Å². The van der Waals surface area contributed by atoms with Gasteiger partial charge in [0.2, 0.25) is 6.79 Å². The van der Waals surface area contributed by atoms with E-state index in [1.54, 1.807) is 13.0 Å². The van der Waals surface area contributed by atoms with Crippen molar-refractivity contribution < 1.29 is 40.6 Å². The van der Waals surface area contributed by atoms with E-state index < -0.39 is 48.7 Å². The molecule has 202 valence electrons. The molecule has 3 aliphatic rings. The largest absolute Gasteiger partial charge is 0.489 e. The molecule has 37 heavy (non-hydrogen) atoms. The number of nitrogens with zero attached hydrogens (tertiary/aromatic N) is 2. The summed E-state index contributed by atoms with van der Waals surface area (Å²) in [6.45, 7) is 1.58. The summed E-state index contributed by atoms with van der Waals surface area (Å²) >= 11 is 0. The third-order valence-electron chi connectivity index (χ3n) is 7.17. The van der Waals surface area contributed by atoms with Crippen LogP contribution in [0.2, 0.25) is 0 Å². The Hall–Kier alpha value is -2.66. The maximum Gasteiger partial charge on any atom is 0.401 e. The van der Waals surface area contributed by atoms with Crippen LogP contribution in [0, 0.1) is 11.6 Å². The number of ether oxygens (including phenoxy) is 3. The van der Waals surface area contributed by atoms with Crippen molar-refractivity contribution in [3.8, 4) is 17.2 Å². The summed E-state index contributed by atoms with van der Waals surface area (Å²) in [6.07, 6.45) is -3.62. The van der Waals surface area contributed by atoms with Gasteiger partial charge in [-0.15, -0.1) is 0 Å². The average Bonchev–Trinajstić information content (AvgIpc) is 3.46. The molecule has 3 aliphatic heterocycles. The Balaban J connectivity index is 1.48. The minimum atomic E-state index is -4.58. The van der Waals surface area contributed by atoms with Gasteiger partial charge >= 0.3 is 6.18 Å². The van der Waals surface area contributed by atoms with Crippen molar-refractivity contribution >= 4 is 0 Å². The van der Waals surface area contributed by atoms with Crippen molar-refractivity contribution in [3.05, 3.63) is 52.6 Å². The smallest absolute Gasteiger partial charge is 0.401 e. The summed E-state index contributed by atoms with van der Waals surface area (Å²) in [5.41, 5.74) is 0.523. The van der Waals surface area contributed by atoms with Crippen LogP contribution in [-0.4, -0.2) is 67.8 Å². The topological polar surface area (TPSA) is 34.2 Å². The number of benzene rings is 2. The lowest BCUT2D eigenvalue weighted by atomic mass is 9.84. The van der Waals surface area contributed by atoms with E-state index in [9.17, 15) is 17.6 Å². The second kappa shape index (κ2) is 10.2. The maximum atomic E-state index is 15.6. The van der Waals surface area contributed by atoms with E-state index in [2.05, 4.69) is 0 Å². The zero-order chi connectivity index (χ0) is 26.3. The number of alkyl halides is 4. The Morgan fingerprint density at radius 1 is 1.05 bits per heavy atom. The molecule has 0 aliphatic carbocycles. The molecular formula is C26H28F6N2O3. The van der Waals surface area contributed by atoms with Crippen LogP contribution in [0.1, 0.15) is 42.5 Å². The summed E-state index contributed by atoms with van der Waals surface area (Å²) in [4.78, 5) is 3.09. The van der Waals surface area contributed by atoms with Gasteiger partial charge in [-0.25, -0.2) is 8.78 Å². The summed E-state index contributed by atoms with van der Waals surface area (Å²) in [6, 6.07) is 3.27. The molecule has 1 saturated heterocycles. The van der Waals surface area contributed by atoms with Gasteiger partial charge in [-0.05, 0) is 49.4 Å². The van der Waals surface area contributed by atoms with Crippen LogP contribution in [0.15, 0.2) is 24.3 Å². The minimum Gasteiger partial charge on any atom is -0.489 e. The predicted molar refractivity (Wildman–Crippen MR) is 123 cm³/mol. The zero-order valence-electron chi connectivity index (χ0n) is 20.3. The molecule has 1 unspecified atom stereocenters. The third kappa shape index (κ3) is 5.47. The molecule has 0 aromatic heterocycles. The van der Waals surface area contributed by atoms with Gasteiger partial charge in [0, 0.05) is 43.4 Å². The predicted octanol–water partition coefficient (Wildman–Crippen LogP) is 5.40. The molecule has 0 N–H and O–H groups in total. The zero-order valence-corrected chi connectivity index (χ0v) is 20.3. The van der Waals surface area contributed by atoms with Crippen LogP contribution in [0.5, 0.6) is 17.2 Å². The van der Waals surface area contributed by atoms with Crippen molar-refractivity contribution in [2.45, 2.75) is 50.6 Å². The fourth-order valence-electron chi connectivity index (χ4n) is 5.54. The minimum absolute atomic E-state index is 0.0340. The van der Waals surface area contributed by atoms with Crippen molar-refractivity contribution in [1.82, 2.24) is 9.80 Å². The molecule has 0 saturated carbocycles. The summed E-state index contributed by atoms with van der Waals surface area (Å²) < 4.78 is 101. The van der Waals surface area contributed by atoms with E-state index in [0.29, 0.717) is 55.1 Å². The molecule has 2 aromatic rings. The van der Waals surface area contributed by atoms with Crippen LogP contribution in [0.3, 0.4) is 0 Å². The number of hydrogen-bond donors (Lipinski definition) is 0.